The van der Waals surface area contributed by atoms with Crippen molar-refractivity contribution in [3.05, 3.63) is 29.0 Å². The van der Waals surface area contributed by atoms with Crippen LogP contribution in [-0.2, 0) is 0 Å². The molecule has 2 aromatic heterocycles. The molecule has 4 N–H and O–H groups in total. The lowest BCUT2D eigenvalue weighted by atomic mass is 10.3. The smallest absolute Gasteiger partial charge is 0.275 e. The molecule has 0 saturated carbocycles. The zero-order valence-electron chi connectivity index (χ0n) is 8.60. The molecule has 0 aromatic carbocycles. The minimum atomic E-state index is -0.261. The molecule has 0 saturated heterocycles. The monoisotopic (exact) mass is 237 g/mol. The highest BCUT2D eigenvalue weighted by Crippen LogP contribution is 2.19. The Morgan fingerprint density at radius 3 is 3.06 bits per heavy atom. The summed E-state index contributed by atoms with van der Waals surface area (Å²) in [5.74, 6) is -0.261. The number of carbonyl (C=O) groups is 1. The topological polar surface area (TPSA) is 96.7 Å². The van der Waals surface area contributed by atoms with E-state index in [2.05, 4.69) is 20.5 Å². The number of nitrogens with two attached hydrogens (primary N) is 1. The van der Waals surface area contributed by atoms with E-state index in [0.717, 1.165) is 5.69 Å². The van der Waals surface area contributed by atoms with Gasteiger partial charge in [-0.1, -0.05) is 0 Å². The number of hydrogen-bond donors (Lipinski definition) is 3. The van der Waals surface area contributed by atoms with Crippen LogP contribution in [0.4, 0.5) is 5.13 Å². The fraction of sp³-hybridized carbons (Fsp3) is 0.222. The van der Waals surface area contributed by atoms with Crippen LogP contribution in [0.1, 0.15) is 29.1 Å². The second-order valence-electron chi connectivity index (χ2n) is 3.29. The Hall–Kier alpha value is -1.73. The van der Waals surface area contributed by atoms with Crippen LogP contribution in [0.3, 0.4) is 0 Å². The molecule has 0 bridgehead atoms. The van der Waals surface area contributed by atoms with Gasteiger partial charge in [0.05, 0.1) is 5.69 Å². The number of carbonyl (C=O) groups excluding carboxylic acids is 1. The van der Waals surface area contributed by atoms with Gasteiger partial charge in [0.1, 0.15) is 5.69 Å². The quantitative estimate of drug-likeness (QED) is 0.745. The van der Waals surface area contributed by atoms with Gasteiger partial charge in [0, 0.05) is 17.6 Å². The van der Waals surface area contributed by atoms with Crippen molar-refractivity contribution in [2.45, 2.75) is 13.0 Å². The third-order valence-corrected chi connectivity index (χ3v) is 2.73. The summed E-state index contributed by atoms with van der Waals surface area (Å²) in [6, 6.07) is 1.46. The average molecular weight is 237 g/mol. The molecule has 2 rings (SSSR count). The molecule has 0 aliphatic carbocycles. The van der Waals surface area contributed by atoms with Gasteiger partial charge in [0.2, 0.25) is 0 Å². The largest absolute Gasteiger partial charge is 0.323 e. The highest BCUT2D eigenvalue weighted by molar-refractivity contribution is 7.14. The second kappa shape index (κ2) is 4.42. The maximum Gasteiger partial charge on any atom is 0.275 e. The number of nitrogens with one attached hydrogen (secondary N) is 2. The molecular formula is C9H11N5OS. The fourth-order valence-electron chi connectivity index (χ4n) is 1.10. The fourth-order valence-corrected chi connectivity index (χ4v) is 1.91. The van der Waals surface area contributed by atoms with Gasteiger partial charge in [-0.25, -0.2) is 4.98 Å². The van der Waals surface area contributed by atoms with Crippen molar-refractivity contribution in [2.24, 2.45) is 5.73 Å². The lowest BCUT2D eigenvalue weighted by molar-refractivity contribution is 0.102. The number of thiazole rings is 1. The maximum atomic E-state index is 11.6. The van der Waals surface area contributed by atoms with Crippen molar-refractivity contribution in [3.63, 3.8) is 0 Å². The Morgan fingerprint density at radius 1 is 1.69 bits per heavy atom. The summed E-state index contributed by atoms with van der Waals surface area (Å²) in [5, 5.41) is 11.3. The van der Waals surface area contributed by atoms with E-state index in [1.165, 1.54) is 17.5 Å². The first-order valence-corrected chi connectivity index (χ1v) is 5.56. The van der Waals surface area contributed by atoms with Crippen LogP contribution in [0.2, 0.25) is 0 Å². The molecule has 2 heterocycles. The van der Waals surface area contributed by atoms with E-state index >= 15 is 0 Å². The van der Waals surface area contributed by atoms with E-state index in [4.69, 9.17) is 5.73 Å². The second-order valence-corrected chi connectivity index (χ2v) is 4.15. The molecule has 84 valence electrons. The minimum Gasteiger partial charge on any atom is -0.323 e. The number of anilines is 1. The number of amides is 1. The van der Waals surface area contributed by atoms with Crippen LogP contribution in [0.5, 0.6) is 0 Å². The number of H-pyrrole nitrogens is 1. The third-order valence-electron chi connectivity index (χ3n) is 1.95. The van der Waals surface area contributed by atoms with Crippen molar-refractivity contribution in [2.75, 3.05) is 5.32 Å². The Labute approximate surface area is 95.9 Å². The van der Waals surface area contributed by atoms with Crippen LogP contribution in [0.25, 0.3) is 0 Å². The normalized spacial score (nSPS) is 12.4. The zero-order chi connectivity index (χ0) is 11.5. The summed E-state index contributed by atoms with van der Waals surface area (Å²) in [6.07, 6.45) is 1.52. The predicted octanol–water partition coefficient (Wildman–Crippen LogP) is 1.14. The Morgan fingerprint density at radius 2 is 2.50 bits per heavy atom. The maximum absolute atomic E-state index is 11.6. The van der Waals surface area contributed by atoms with Gasteiger partial charge in [-0.15, -0.1) is 11.3 Å². The molecule has 0 aliphatic heterocycles. The summed E-state index contributed by atoms with van der Waals surface area (Å²) in [4.78, 5) is 15.8. The lowest BCUT2D eigenvalue weighted by Gasteiger charge is -1.99. The molecule has 16 heavy (non-hydrogen) atoms. The van der Waals surface area contributed by atoms with E-state index in [0.29, 0.717) is 10.8 Å². The highest BCUT2D eigenvalue weighted by Gasteiger charge is 2.11. The molecule has 0 radical (unpaired) electrons. The Bertz CT molecular complexity index is 476. The average Bonchev–Trinajstić information content (AvgIpc) is 2.87. The first kappa shape index (κ1) is 10.8. The summed E-state index contributed by atoms with van der Waals surface area (Å²) < 4.78 is 0. The van der Waals surface area contributed by atoms with E-state index in [1.54, 1.807) is 6.07 Å². The van der Waals surface area contributed by atoms with Crippen LogP contribution < -0.4 is 11.1 Å². The molecule has 6 nitrogen and oxygen atoms in total. The molecular weight excluding hydrogens is 226 g/mol. The molecule has 1 amide bonds. The number of nitrogens with zero attached hydrogens (tertiary/aromatic N) is 2. The van der Waals surface area contributed by atoms with Gasteiger partial charge in [-0.3, -0.25) is 15.2 Å². The van der Waals surface area contributed by atoms with Gasteiger partial charge in [0.25, 0.3) is 5.91 Å². The highest BCUT2D eigenvalue weighted by atomic mass is 32.1. The molecule has 0 aliphatic rings. The summed E-state index contributed by atoms with van der Waals surface area (Å²) in [7, 11) is 0. The molecule has 7 heteroatoms. The van der Waals surface area contributed by atoms with Crippen molar-refractivity contribution >= 4 is 22.4 Å². The van der Waals surface area contributed by atoms with Crippen LogP contribution in [0.15, 0.2) is 17.6 Å². The van der Waals surface area contributed by atoms with Crippen molar-refractivity contribution < 1.29 is 4.79 Å². The van der Waals surface area contributed by atoms with Crippen molar-refractivity contribution in [1.82, 2.24) is 15.2 Å². The van der Waals surface area contributed by atoms with E-state index < -0.39 is 0 Å². The minimum absolute atomic E-state index is 0.131. The molecule has 1 unspecified atom stereocenters. The first-order chi connectivity index (χ1) is 7.66. The van der Waals surface area contributed by atoms with Gasteiger partial charge in [-0.05, 0) is 13.0 Å². The van der Waals surface area contributed by atoms with E-state index in [9.17, 15) is 4.79 Å². The van der Waals surface area contributed by atoms with Gasteiger partial charge < -0.3 is 5.73 Å². The third kappa shape index (κ3) is 2.26. The molecule has 0 fully saturated rings. The van der Waals surface area contributed by atoms with E-state index in [-0.39, 0.29) is 11.9 Å². The van der Waals surface area contributed by atoms with Crippen molar-refractivity contribution in [1.29, 1.82) is 0 Å². The first-order valence-electron chi connectivity index (χ1n) is 4.68. The van der Waals surface area contributed by atoms with Gasteiger partial charge in [0.15, 0.2) is 5.13 Å². The molecule has 1 atom stereocenters. The number of aromatic amines is 1. The van der Waals surface area contributed by atoms with Crippen LogP contribution in [-0.4, -0.2) is 21.1 Å². The zero-order valence-corrected chi connectivity index (χ0v) is 9.41. The Kier molecular flexibility index (Phi) is 2.97. The standard InChI is InChI=1S/C9H11N5OS/c1-5(10)7-4-16-9(12-7)13-8(15)6-2-3-11-14-6/h2-5H,10H2,1H3,(H,11,14)(H,12,13,15). The van der Waals surface area contributed by atoms with Gasteiger partial charge >= 0.3 is 0 Å². The SMILES string of the molecule is CC(N)c1csc(NC(=O)c2ccn[nH]2)n1. The summed E-state index contributed by atoms with van der Waals surface area (Å²) in [6.45, 7) is 1.84. The number of rotatable bonds is 3. The Balaban J connectivity index is 2.07. The van der Waals surface area contributed by atoms with Crippen LogP contribution in [0, 0.1) is 0 Å². The number of hydrogen-bond acceptors (Lipinski definition) is 5. The van der Waals surface area contributed by atoms with Crippen LogP contribution >= 0.6 is 11.3 Å². The number of aromatic nitrogens is 3. The van der Waals surface area contributed by atoms with E-state index in [1.807, 2.05) is 12.3 Å². The lowest BCUT2D eigenvalue weighted by Crippen LogP contribution is -2.12. The molecule has 0 spiro atoms. The van der Waals surface area contributed by atoms with Gasteiger partial charge in [-0.2, -0.15) is 5.10 Å². The predicted molar refractivity (Wildman–Crippen MR) is 61.3 cm³/mol. The molecule has 2 aromatic rings. The van der Waals surface area contributed by atoms with Crippen molar-refractivity contribution in [3.8, 4) is 0 Å². The summed E-state index contributed by atoms with van der Waals surface area (Å²) >= 11 is 1.35. The summed E-state index contributed by atoms with van der Waals surface area (Å²) in [5.41, 5.74) is 6.84.